The summed E-state index contributed by atoms with van der Waals surface area (Å²) < 4.78 is 42.5. The van der Waals surface area contributed by atoms with Gasteiger partial charge in [0.25, 0.3) is 5.56 Å². The largest absolute Gasteiger partial charge is 0.418 e. The van der Waals surface area contributed by atoms with Crippen molar-refractivity contribution in [1.29, 1.82) is 0 Å². The molecule has 0 bridgehead atoms. The van der Waals surface area contributed by atoms with E-state index in [1.807, 2.05) is 19.1 Å². The van der Waals surface area contributed by atoms with Crippen molar-refractivity contribution >= 4 is 29.0 Å². The van der Waals surface area contributed by atoms with Crippen molar-refractivity contribution in [3.63, 3.8) is 0 Å². The van der Waals surface area contributed by atoms with E-state index in [2.05, 4.69) is 20.5 Å². The number of fused-ring (bicyclic) bond motifs is 1. The van der Waals surface area contributed by atoms with Crippen molar-refractivity contribution in [2.45, 2.75) is 31.6 Å². The lowest BCUT2D eigenvalue weighted by Crippen LogP contribution is -2.22. The van der Waals surface area contributed by atoms with E-state index in [1.165, 1.54) is 22.6 Å². The lowest BCUT2D eigenvalue weighted by molar-refractivity contribution is -0.137. The molecule has 8 nitrogen and oxygen atoms in total. The number of amides is 1. The minimum Gasteiger partial charge on any atom is -0.325 e. The average Bonchev–Trinajstić information content (AvgIpc) is 3.13. The number of aromatic nitrogens is 5. The van der Waals surface area contributed by atoms with Crippen LogP contribution in [0.1, 0.15) is 28.2 Å². The number of aryl methyl sites for hydroxylation is 2. The fourth-order valence-corrected chi connectivity index (χ4v) is 4.26. The molecule has 3 aromatic heterocycles. The van der Waals surface area contributed by atoms with Crippen LogP contribution in [0.2, 0.25) is 0 Å². The first-order valence-electron chi connectivity index (χ1n) is 10.5. The molecule has 4 rings (SSSR count). The first-order valence-corrected chi connectivity index (χ1v) is 11.5. The van der Waals surface area contributed by atoms with E-state index in [1.54, 1.807) is 24.7 Å². The van der Waals surface area contributed by atoms with Crippen molar-refractivity contribution in [2.24, 2.45) is 7.05 Å². The van der Waals surface area contributed by atoms with Crippen LogP contribution in [0, 0.1) is 13.8 Å². The van der Waals surface area contributed by atoms with Crippen LogP contribution in [0.25, 0.3) is 5.65 Å². The standard InChI is InChI=1S/C23H21F3N6O2S/c1-13-8-9-32-18(10-13)27-14(2)15(21(32)34)11-19-29-30-22(31(19)3)35-12-20(33)28-17-7-5-4-6-16(17)23(24,25)26/h4-10H,11-12H2,1-3H3,(H,28,33). The summed E-state index contributed by atoms with van der Waals surface area (Å²) in [5.41, 5.74) is 1.18. The van der Waals surface area contributed by atoms with Crippen LogP contribution >= 0.6 is 11.8 Å². The predicted molar refractivity (Wildman–Crippen MR) is 126 cm³/mol. The Labute approximate surface area is 202 Å². The molecular weight excluding hydrogens is 481 g/mol. The molecule has 0 fully saturated rings. The number of thioether (sulfide) groups is 1. The van der Waals surface area contributed by atoms with Gasteiger partial charge in [0.15, 0.2) is 5.16 Å². The summed E-state index contributed by atoms with van der Waals surface area (Å²) >= 11 is 1.03. The molecule has 1 N–H and O–H groups in total. The second kappa shape index (κ2) is 9.53. The number of para-hydroxylation sites is 1. The minimum atomic E-state index is -4.58. The van der Waals surface area contributed by atoms with Gasteiger partial charge in [-0.1, -0.05) is 23.9 Å². The number of carbonyl (C=O) groups is 1. The Balaban J connectivity index is 1.48. The van der Waals surface area contributed by atoms with E-state index in [9.17, 15) is 22.8 Å². The van der Waals surface area contributed by atoms with E-state index < -0.39 is 17.6 Å². The topological polar surface area (TPSA) is 94.2 Å². The Morgan fingerprint density at radius 3 is 2.63 bits per heavy atom. The van der Waals surface area contributed by atoms with E-state index >= 15 is 0 Å². The van der Waals surface area contributed by atoms with Gasteiger partial charge in [-0.05, 0) is 43.7 Å². The Morgan fingerprint density at radius 2 is 1.89 bits per heavy atom. The number of hydrogen-bond donors (Lipinski definition) is 1. The Kier molecular flexibility index (Phi) is 6.66. The second-order valence-electron chi connectivity index (χ2n) is 7.93. The number of hydrogen-bond acceptors (Lipinski definition) is 6. The predicted octanol–water partition coefficient (Wildman–Crippen LogP) is 3.78. The first-order chi connectivity index (χ1) is 16.5. The van der Waals surface area contributed by atoms with E-state index in [0.29, 0.717) is 27.9 Å². The molecule has 12 heteroatoms. The summed E-state index contributed by atoms with van der Waals surface area (Å²) in [6.45, 7) is 3.68. The molecule has 3 heterocycles. The van der Waals surface area contributed by atoms with Gasteiger partial charge in [-0.3, -0.25) is 14.0 Å². The number of rotatable bonds is 6. The fraction of sp³-hybridized carbons (Fsp3) is 0.261. The Morgan fingerprint density at radius 1 is 1.14 bits per heavy atom. The highest BCUT2D eigenvalue weighted by Crippen LogP contribution is 2.34. The number of halogens is 3. The molecule has 182 valence electrons. The zero-order chi connectivity index (χ0) is 25.3. The highest BCUT2D eigenvalue weighted by Gasteiger charge is 2.33. The van der Waals surface area contributed by atoms with Gasteiger partial charge in [-0.25, -0.2) is 4.98 Å². The molecule has 1 amide bonds. The zero-order valence-corrected chi connectivity index (χ0v) is 19.9. The third-order valence-electron chi connectivity index (χ3n) is 5.38. The van der Waals surface area contributed by atoms with Gasteiger partial charge in [0.1, 0.15) is 11.5 Å². The highest BCUT2D eigenvalue weighted by molar-refractivity contribution is 7.99. The normalized spacial score (nSPS) is 11.7. The SMILES string of the molecule is Cc1ccn2c(=O)c(Cc3nnc(SCC(=O)Nc4ccccc4C(F)(F)F)n3C)c(C)nc2c1. The van der Waals surface area contributed by atoms with Gasteiger partial charge in [0.2, 0.25) is 5.91 Å². The molecule has 4 aromatic rings. The van der Waals surface area contributed by atoms with Gasteiger partial charge < -0.3 is 9.88 Å². The molecule has 1 aromatic carbocycles. The summed E-state index contributed by atoms with van der Waals surface area (Å²) in [4.78, 5) is 29.8. The van der Waals surface area contributed by atoms with E-state index in [0.717, 1.165) is 23.4 Å². The summed E-state index contributed by atoms with van der Waals surface area (Å²) in [5, 5.41) is 10.9. The average molecular weight is 503 g/mol. The fourth-order valence-electron chi connectivity index (χ4n) is 3.53. The molecular formula is C23H21F3N6O2S. The first kappa shape index (κ1) is 24.5. The number of alkyl halides is 3. The van der Waals surface area contributed by atoms with Crippen molar-refractivity contribution < 1.29 is 18.0 Å². The number of nitrogens with zero attached hydrogens (tertiary/aromatic N) is 5. The maximum Gasteiger partial charge on any atom is 0.418 e. The monoisotopic (exact) mass is 502 g/mol. The van der Waals surface area contributed by atoms with Crippen LogP contribution in [0.3, 0.4) is 0 Å². The summed E-state index contributed by atoms with van der Waals surface area (Å²) in [6.07, 6.45) is -2.72. The van der Waals surface area contributed by atoms with Gasteiger partial charge in [0, 0.05) is 30.9 Å². The molecule has 0 aliphatic heterocycles. The second-order valence-corrected chi connectivity index (χ2v) is 8.87. The van der Waals surface area contributed by atoms with Crippen molar-refractivity contribution in [2.75, 3.05) is 11.1 Å². The van der Waals surface area contributed by atoms with E-state index in [-0.39, 0.29) is 23.4 Å². The van der Waals surface area contributed by atoms with Crippen LogP contribution in [0.5, 0.6) is 0 Å². The van der Waals surface area contributed by atoms with Crippen LogP contribution in [0.4, 0.5) is 18.9 Å². The van der Waals surface area contributed by atoms with Crippen LogP contribution in [0.15, 0.2) is 52.5 Å². The Hall–Kier alpha value is -3.67. The minimum absolute atomic E-state index is 0.170. The van der Waals surface area contributed by atoms with E-state index in [4.69, 9.17) is 0 Å². The molecule has 0 aliphatic carbocycles. The quantitative estimate of drug-likeness (QED) is 0.404. The summed E-state index contributed by atoms with van der Waals surface area (Å²) in [6, 6.07) is 8.43. The molecule has 0 unspecified atom stereocenters. The zero-order valence-electron chi connectivity index (χ0n) is 19.1. The summed E-state index contributed by atoms with van der Waals surface area (Å²) in [7, 11) is 1.69. The number of pyridine rings is 1. The molecule has 0 saturated heterocycles. The van der Waals surface area contributed by atoms with Gasteiger partial charge >= 0.3 is 6.18 Å². The van der Waals surface area contributed by atoms with Gasteiger partial charge in [-0.15, -0.1) is 10.2 Å². The van der Waals surface area contributed by atoms with Crippen LogP contribution in [-0.2, 0) is 24.4 Å². The Bertz CT molecular complexity index is 1480. The van der Waals surface area contributed by atoms with Gasteiger partial charge in [0.05, 0.1) is 17.0 Å². The van der Waals surface area contributed by atoms with Crippen LogP contribution < -0.4 is 10.9 Å². The van der Waals surface area contributed by atoms with Crippen LogP contribution in [-0.4, -0.2) is 35.8 Å². The van der Waals surface area contributed by atoms with Crippen molar-refractivity contribution in [3.8, 4) is 0 Å². The lowest BCUT2D eigenvalue weighted by Gasteiger charge is -2.13. The lowest BCUT2D eigenvalue weighted by atomic mass is 10.1. The summed E-state index contributed by atoms with van der Waals surface area (Å²) in [5.74, 6) is -0.291. The third-order valence-corrected chi connectivity index (χ3v) is 6.41. The number of carbonyl (C=O) groups excluding carboxylic acids is 1. The number of anilines is 1. The van der Waals surface area contributed by atoms with Crippen molar-refractivity contribution in [1.82, 2.24) is 24.1 Å². The molecule has 0 atom stereocenters. The highest BCUT2D eigenvalue weighted by atomic mass is 32.2. The molecule has 0 radical (unpaired) electrons. The molecule has 0 saturated carbocycles. The number of nitrogens with one attached hydrogen (secondary N) is 1. The maximum absolute atomic E-state index is 13.1. The van der Waals surface area contributed by atoms with Gasteiger partial charge in [-0.2, -0.15) is 13.2 Å². The number of benzene rings is 1. The smallest absolute Gasteiger partial charge is 0.325 e. The van der Waals surface area contributed by atoms with Crippen molar-refractivity contribution in [3.05, 3.63) is 81.2 Å². The molecule has 0 spiro atoms. The molecule has 0 aliphatic rings. The molecule has 35 heavy (non-hydrogen) atoms. The maximum atomic E-state index is 13.1. The third kappa shape index (κ3) is 5.21.